The summed E-state index contributed by atoms with van der Waals surface area (Å²) in [5.74, 6) is -1.53. The third kappa shape index (κ3) is 4.01. The van der Waals surface area contributed by atoms with Gasteiger partial charge in [0.1, 0.15) is 12.3 Å². The Labute approximate surface area is 175 Å². The number of hydrogen-bond donors (Lipinski definition) is 2. The highest BCUT2D eigenvalue weighted by atomic mass is 16.5. The van der Waals surface area contributed by atoms with Crippen LogP contribution in [0.15, 0.2) is 36.4 Å². The number of nitrogens with one attached hydrogen (secondary N) is 1. The number of fused-ring (bicyclic) bond motifs is 1. The Kier molecular flexibility index (Phi) is 5.82. The van der Waals surface area contributed by atoms with Gasteiger partial charge in [-0.2, -0.15) is 0 Å². The number of carboxylic acid groups (broad SMARTS) is 1. The van der Waals surface area contributed by atoms with E-state index in [1.54, 1.807) is 13.8 Å². The normalized spacial score (nSPS) is 14.7. The molecule has 0 bridgehead atoms. The highest BCUT2D eigenvalue weighted by Crippen LogP contribution is 2.38. The predicted octanol–water partition coefficient (Wildman–Crippen LogP) is 3.65. The van der Waals surface area contributed by atoms with Crippen LogP contribution in [0.25, 0.3) is 0 Å². The van der Waals surface area contributed by atoms with Gasteiger partial charge in [-0.3, -0.25) is 14.5 Å². The molecule has 7 heteroatoms. The second kappa shape index (κ2) is 8.18. The molecule has 2 amide bonds. The van der Waals surface area contributed by atoms with E-state index in [2.05, 4.69) is 5.32 Å². The van der Waals surface area contributed by atoms with Crippen LogP contribution in [-0.2, 0) is 22.4 Å². The number of carbonyl (C=O) groups is 3. The van der Waals surface area contributed by atoms with Crippen molar-refractivity contribution in [1.29, 1.82) is 0 Å². The maximum absolute atomic E-state index is 13.0. The summed E-state index contributed by atoms with van der Waals surface area (Å²) in [4.78, 5) is 38.5. The molecule has 158 valence electrons. The van der Waals surface area contributed by atoms with Gasteiger partial charge in [-0.05, 0) is 56.0 Å². The summed E-state index contributed by atoms with van der Waals surface area (Å²) in [6.45, 7) is 7.03. The number of para-hydroxylation sites is 1. The third-order valence-corrected chi connectivity index (χ3v) is 5.19. The number of aryl methyl sites for hydroxylation is 2. The molecule has 0 unspecified atom stereocenters. The lowest BCUT2D eigenvalue weighted by Gasteiger charge is -2.38. The van der Waals surface area contributed by atoms with E-state index in [0.29, 0.717) is 5.69 Å². The van der Waals surface area contributed by atoms with Crippen LogP contribution in [0.5, 0.6) is 5.75 Å². The fourth-order valence-corrected chi connectivity index (χ4v) is 3.59. The minimum absolute atomic E-state index is 0.0489. The zero-order valence-corrected chi connectivity index (χ0v) is 17.6. The van der Waals surface area contributed by atoms with Gasteiger partial charge in [0.15, 0.2) is 5.60 Å². The quantitative estimate of drug-likeness (QED) is 0.758. The van der Waals surface area contributed by atoms with Crippen molar-refractivity contribution in [2.75, 3.05) is 16.8 Å². The Hall–Kier alpha value is -3.35. The molecule has 0 atom stereocenters. The van der Waals surface area contributed by atoms with Crippen molar-refractivity contribution in [2.24, 2.45) is 0 Å². The lowest BCUT2D eigenvalue weighted by molar-refractivity contribution is -0.133. The molecule has 0 aromatic heterocycles. The van der Waals surface area contributed by atoms with Crippen LogP contribution in [0.3, 0.4) is 0 Å². The summed E-state index contributed by atoms with van der Waals surface area (Å²) < 4.78 is 5.74. The molecule has 0 saturated carbocycles. The average molecular weight is 410 g/mol. The molecule has 0 aliphatic carbocycles. The number of ether oxygens (including phenoxy) is 1. The molecule has 0 fully saturated rings. The molecule has 2 N–H and O–H groups in total. The lowest BCUT2D eigenvalue weighted by Crippen LogP contribution is -2.54. The van der Waals surface area contributed by atoms with E-state index in [-0.39, 0.29) is 29.7 Å². The highest BCUT2D eigenvalue weighted by molar-refractivity contribution is 6.08. The topological polar surface area (TPSA) is 95.9 Å². The first-order chi connectivity index (χ1) is 14.2. The molecule has 1 aliphatic heterocycles. The molecule has 2 aromatic carbocycles. The average Bonchev–Trinajstić information content (AvgIpc) is 2.70. The van der Waals surface area contributed by atoms with Gasteiger partial charge in [0.05, 0.1) is 11.3 Å². The first-order valence-electron chi connectivity index (χ1n) is 9.96. The third-order valence-electron chi connectivity index (χ3n) is 5.19. The maximum atomic E-state index is 13.0. The van der Waals surface area contributed by atoms with Gasteiger partial charge in [-0.1, -0.05) is 32.0 Å². The number of amides is 2. The summed E-state index contributed by atoms with van der Waals surface area (Å²) >= 11 is 0. The number of rotatable bonds is 6. The fraction of sp³-hybridized carbons (Fsp3) is 0.348. The summed E-state index contributed by atoms with van der Waals surface area (Å²) in [6, 6.07) is 10.2. The Morgan fingerprint density at radius 3 is 2.30 bits per heavy atom. The molecule has 0 saturated heterocycles. The van der Waals surface area contributed by atoms with E-state index in [1.165, 1.54) is 23.1 Å². The van der Waals surface area contributed by atoms with Crippen molar-refractivity contribution >= 4 is 29.2 Å². The first-order valence-corrected chi connectivity index (χ1v) is 9.96. The largest absolute Gasteiger partial charge is 0.478 e. The van der Waals surface area contributed by atoms with Gasteiger partial charge in [0.25, 0.3) is 5.91 Å². The monoisotopic (exact) mass is 410 g/mol. The highest BCUT2D eigenvalue weighted by Gasteiger charge is 2.41. The molecule has 0 spiro atoms. The Morgan fingerprint density at radius 1 is 1.10 bits per heavy atom. The molecule has 3 rings (SSSR count). The van der Waals surface area contributed by atoms with E-state index in [0.717, 1.165) is 29.7 Å². The number of hydrogen-bond acceptors (Lipinski definition) is 4. The minimum atomic E-state index is -1.22. The van der Waals surface area contributed by atoms with E-state index < -0.39 is 11.6 Å². The minimum Gasteiger partial charge on any atom is -0.478 e. The maximum Gasteiger partial charge on any atom is 0.335 e. The van der Waals surface area contributed by atoms with Crippen LogP contribution in [0.1, 0.15) is 49.2 Å². The zero-order valence-electron chi connectivity index (χ0n) is 17.6. The summed E-state index contributed by atoms with van der Waals surface area (Å²) in [5.41, 5.74) is 2.05. The molecule has 1 aliphatic rings. The number of anilines is 2. The van der Waals surface area contributed by atoms with Crippen molar-refractivity contribution in [3.05, 3.63) is 53.1 Å². The molecular formula is C23H26N2O5. The molecular weight excluding hydrogens is 384 g/mol. The number of nitrogens with zero attached hydrogens (tertiary/aromatic N) is 1. The van der Waals surface area contributed by atoms with Crippen LogP contribution in [-0.4, -0.2) is 35.0 Å². The van der Waals surface area contributed by atoms with Crippen molar-refractivity contribution in [3.63, 3.8) is 0 Å². The van der Waals surface area contributed by atoms with E-state index in [9.17, 15) is 19.5 Å². The number of aromatic carboxylic acids is 1. The van der Waals surface area contributed by atoms with Gasteiger partial charge in [0.2, 0.25) is 5.91 Å². The zero-order chi connectivity index (χ0) is 22.1. The summed E-state index contributed by atoms with van der Waals surface area (Å²) in [6.07, 6.45) is 1.54. The van der Waals surface area contributed by atoms with E-state index in [4.69, 9.17) is 4.74 Å². The summed E-state index contributed by atoms with van der Waals surface area (Å²) in [5, 5.41) is 12.2. The predicted molar refractivity (Wildman–Crippen MR) is 114 cm³/mol. The van der Waals surface area contributed by atoms with Crippen molar-refractivity contribution in [3.8, 4) is 5.75 Å². The Bertz CT molecular complexity index is 990. The van der Waals surface area contributed by atoms with E-state index >= 15 is 0 Å². The molecule has 1 heterocycles. The Morgan fingerprint density at radius 2 is 1.73 bits per heavy atom. The number of carbonyl (C=O) groups excluding carboxylic acids is 2. The van der Waals surface area contributed by atoms with Crippen molar-refractivity contribution in [1.82, 2.24) is 0 Å². The van der Waals surface area contributed by atoms with Gasteiger partial charge >= 0.3 is 5.97 Å². The van der Waals surface area contributed by atoms with E-state index in [1.807, 2.05) is 32.0 Å². The smallest absolute Gasteiger partial charge is 0.335 e. The molecule has 0 radical (unpaired) electrons. The molecule has 30 heavy (non-hydrogen) atoms. The van der Waals surface area contributed by atoms with Crippen LogP contribution < -0.4 is 15.0 Å². The first kappa shape index (κ1) is 21.4. The molecule has 2 aromatic rings. The van der Waals surface area contributed by atoms with Gasteiger partial charge in [-0.15, -0.1) is 0 Å². The lowest BCUT2D eigenvalue weighted by atomic mass is 10.0. The van der Waals surface area contributed by atoms with Gasteiger partial charge in [-0.25, -0.2) is 4.79 Å². The number of benzene rings is 2. The fourth-order valence-electron chi connectivity index (χ4n) is 3.59. The second-order valence-electron chi connectivity index (χ2n) is 7.70. The van der Waals surface area contributed by atoms with Gasteiger partial charge in [0, 0.05) is 5.69 Å². The van der Waals surface area contributed by atoms with Crippen LogP contribution in [0.4, 0.5) is 11.4 Å². The van der Waals surface area contributed by atoms with Crippen LogP contribution in [0.2, 0.25) is 0 Å². The van der Waals surface area contributed by atoms with Crippen LogP contribution in [0, 0.1) is 0 Å². The SMILES string of the molecule is CCc1cccc(CC)c1NC(=O)CN1C(=O)C(C)(C)Oc2cc(C(=O)O)ccc21. The summed E-state index contributed by atoms with van der Waals surface area (Å²) in [7, 11) is 0. The van der Waals surface area contributed by atoms with Gasteiger partial charge < -0.3 is 15.2 Å². The Balaban J connectivity index is 1.92. The van der Waals surface area contributed by atoms with Crippen molar-refractivity contribution in [2.45, 2.75) is 46.1 Å². The molecule has 7 nitrogen and oxygen atoms in total. The number of carboxylic acids is 1. The second-order valence-corrected chi connectivity index (χ2v) is 7.70. The van der Waals surface area contributed by atoms with Crippen LogP contribution >= 0.6 is 0 Å². The van der Waals surface area contributed by atoms with Crippen molar-refractivity contribution < 1.29 is 24.2 Å². The standard InChI is InChI=1S/C23H26N2O5/c1-5-14-8-7-9-15(6-2)20(14)24-19(26)13-25-17-11-10-16(21(27)28)12-18(17)30-23(3,4)22(25)29/h7-12H,5-6,13H2,1-4H3,(H,24,26)(H,27,28).